The predicted octanol–water partition coefficient (Wildman–Crippen LogP) is -0.535. The van der Waals surface area contributed by atoms with E-state index in [2.05, 4.69) is 5.32 Å². The average Bonchev–Trinajstić information content (AvgIpc) is 2.28. The molecule has 1 rings (SSSR count). The van der Waals surface area contributed by atoms with Crippen molar-refractivity contribution in [1.82, 2.24) is 5.32 Å². The Balaban J connectivity index is 2.57. The van der Waals surface area contributed by atoms with E-state index >= 15 is 0 Å². The zero-order chi connectivity index (χ0) is 12.8. The number of benzene rings is 1. The van der Waals surface area contributed by atoms with E-state index in [1.165, 1.54) is 24.3 Å². The van der Waals surface area contributed by atoms with Crippen LogP contribution in [0, 0.1) is 10.1 Å². The second-order valence-electron chi connectivity index (χ2n) is 3.18. The summed E-state index contributed by atoms with van der Waals surface area (Å²) in [5.74, 6) is -1.74. The number of hydrogen-bond donors (Lipinski definition) is 1. The minimum atomic E-state index is -1.26. The number of non-ortho nitro benzene ring substituents is 1. The fraction of sp³-hybridized carbons (Fsp3) is 0.200. The molecule has 90 valence electrons. The molecule has 0 saturated carbocycles. The molecule has 0 radical (unpaired) electrons. The smallest absolute Gasteiger partial charge is 0.269 e. The molecular formula is C10H9N2O5-. The normalized spacial score (nSPS) is 9.65. The van der Waals surface area contributed by atoms with Gasteiger partial charge in [-0.05, 0) is 12.1 Å². The van der Waals surface area contributed by atoms with Crippen LogP contribution in [0.4, 0.5) is 5.69 Å². The topological polar surface area (TPSA) is 112 Å². The van der Waals surface area contributed by atoms with Crippen molar-refractivity contribution in [2.24, 2.45) is 0 Å². The molecule has 0 aliphatic carbocycles. The Morgan fingerprint density at radius 3 is 2.29 bits per heavy atom. The van der Waals surface area contributed by atoms with Crippen molar-refractivity contribution in [3.05, 3.63) is 39.9 Å². The fourth-order valence-electron chi connectivity index (χ4n) is 1.11. The SMILES string of the molecule is O=C([O-])CCNC(=O)c1ccc([N+](=O)[O-])cc1. The van der Waals surface area contributed by atoms with E-state index in [-0.39, 0.29) is 24.2 Å². The summed E-state index contributed by atoms with van der Waals surface area (Å²) in [7, 11) is 0. The van der Waals surface area contributed by atoms with Gasteiger partial charge in [0.05, 0.1) is 4.92 Å². The molecular weight excluding hydrogens is 228 g/mol. The van der Waals surface area contributed by atoms with Crippen molar-refractivity contribution in [2.45, 2.75) is 6.42 Å². The maximum Gasteiger partial charge on any atom is 0.269 e. The van der Waals surface area contributed by atoms with Crippen LogP contribution >= 0.6 is 0 Å². The second-order valence-corrected chi connectivity index (χ2v) is 3.18. The molecule has 0 saturated heterocycles. The van der Waals surface area contributed by atoms with Gasteiger partial charge in [-0.2, -0.15) is 0 Å². The molecule has 0 aliphatic heterocycles. The molecule has 0 fully saturated rings. The molecule has 1 amide bonds. The lowest BCUT2D eigenvalue weighted by molar-refractivity contribution is -0.384. The Hall–Kier alpha value is -2.44. The van der Waals surface area contributed by atoms with Crippen LogP contribution < -0.4 is 10.4 Å². The Labute approximate surface area is 96.2 Å². The molecule has 0 heterocycles. The number of carboxylic acid groups (broad SMARTS) is 1. The summed E-state index contributed by atoms with van der Waals surface area (Å²) >= 11 is 0. The number of nitrogens with one attached hydrogen (secondary N) is 1. The highest BCUT2D eigenvalue weighted by atomic mass is 16.6. The standard InChI is InChI=1S/C10H10N2O5/c13-9(14)5-6-11-10(15)7-1-3-8(4-2-7)12(16)17/h1-4H,5-6H2,(H,11,15)(H,13,14)/p-1. The summed E-state index contributed by atoms with van der Waals surface area (Å²) in [5.41, 5.74) is 0.116. The van der Waals surface area contributed by atoms with Crippen molar-refractivity contribution >= 4 is 17.6 Å². The maximum absolute atomic E-state index is 11.4. The minimum absolute atomic E-state index is 0.0435. The first-order valence-corrected chi connectivity index (χ1v) is 4.73. The van der Waals surface area contributed by atoms with Gasteiger partial charge >= 0.3 is 0 Å². The van der Waals surface area contributed by atoms with E-state index in [0.29, 0.717) is 0 Å². The highest BCUT2D eigenvalue weighted by Gasteiger charge is 2.08. The van der Waals surface area contributed by atoms with Crippen LogP contribution in [-0.4, -0.2) is 23.3 Å². The van der Waals surface area contributed by atoms with Gasteiger partial charge in [-0.15, -0.1) is 0 Å². The van der Waals surface area contributed by atoms with Gasteiger partial charge in [0.1, 0.15) is 0 Å². The Kier molecular flexibility index (Phi) is 4.15. The number of aliphatic carboxylic acids is 1. The highest BCUT2D eigenvalue weighted by molar-refractivity contribution is 5.94. The van der Waals surface area contributed by atoms with Crippen molar-refractivity contribution in [3.63, 3.8) is 0 Å². The number of rotatable bonds is 5. The summed E-state index contributed by atoms with van der Waals surface area (Å²) in [4.78, 5) is 31.3. The van der Waals surface area contributed by atoms with Gasteiger partial charge in [0, 0.05) is 36.6 Å². The van der Waals surface area contributed by atoms with Crippen LogP contribution in [0.15, 0.2) is 24.3 Å². The number of carboxylic acids is 1. The third-order valence-electron chi connectivity index (χ3n) is 1.95. The largest absolute Gasteiger partial charge is 0.550 e. The molecule has 1 aromatic rings. The lowest BCUT2D eigenvalue weighted by atomic mass is 10.2. The lowest BCUT2D eigenvalue weighted by Gasteiger charge is -2.05. The van der Waals surface area contributed by atoms with Gasteiger partial charge in [0.2, 0.25) is 0 Å². The molecule has 7 heteroatoms. The summed E-state index contributed by atoms with van der Waals surface area (Å²) < 4.78 is 0. The highest BCUT2D eigenvalue weighted by Crippen LogP contribution is 2.11. The van der Waals surface area contributed by atoms with E-state index in [9.17, 15) is 24.8 Å². The summed E-state index contributed by atoms with van der Waals surface area (Å²) in [6.45, 7) is -0.0435. The first-order valence-electron chi connectivity index (χ1n) is 4.73. The van der Waals surface area contributed by atoms with Gasteiger partial charge in [-0.3, -0.25) is 14.9 Å². The van der Waals surface area contributed by atoms with E-state index in [1.54, 1.807) is 0 Å². The van der Waals surface area contributed by atoms with Crippen LogP contribution in [0.2, 0.25) is 0 Å². The number of amides is 1. The summed E-state index contributed by atoms with van der Waals surface area (Å²) in [5, 5.41) is 22.8. The molecule has 0 unspecified atom stereocenters. The van der Waals surface area contributed by atoms with Gasteiger partial charge in [0.25, 0.3) is 11.6 Å². The van der Waals surface area contributed by atoms with Crippen molar-refractivity contribution in [3.8, 4) is 0 Å². The monoisotopic (exact) mass is 237 g/mol. The fourth-order valence-corrected chi connectivity index (χ4v) is 1.11. The quantitative estimate of drug-likeness (QED) is 0.546. The second kappa shape index (κ2) is 5.59. The number of nitro groups is 1. The Morgan fingerprint density at radius 2 is 1.82 bits per heavy atom. The molecule has 7 nitrogen and oxygen atoms in total. The number of carbonyl (C=O) groups is 2. The van der Waals surface area contributed by atoms with Crippen LogP contribution in [0.5, 0.6) is 0 Å². The Morgan fingerprint density at radius 1 is 1.24 bits per heavy atom. The van der Waals surface area contributed by atoms with E-state index < -0.39 is 16.8 Å². The summed E-state index contributed by atoms with van der Waals surface area (Å²) in [6.07, 6.45) is -0.279. The van der Waals surface area contributed by atoms with Gasteiger partial charge in [0.15, 0.2) is 0 Å². The van der Waals surface area contributed by atoms with Crippen molar-refractivity contribution in [2.75, 3.05) is 6.54 Å². The van der Waals surface area contributed by atoms with E-state index in [0.717, 1.165) is 0 Å². The van der Waals surface area contributed by atoms with Crippen LogP contribution in [0.25, 0.3) is 0 Å². The first-order chi connectivity index (χ1) is 8.00. The van der Waals surface area contributed by atoms with Gasteiger partial charge in [-0.1, -0.05) is 0 Å². The molecule has 1 aromatic carbocycles. The average molecular weight is 237 g/mol. The van der Waals surface area contributed by atoms with Crippen LogP contribution in [0.1, 0.15) is 16.8 Å². The zero-order valence-electron chi connectivity index (χ0n) is 8.71. The van der Waals surface area contributed by atoms with Crippen LogP contribution in [0.3, 0.4) is 0 Å². The van der Waals surface area contributed by atoms with E-state index in [1.807, 2.05) is 0 Å². The molecule has 0 bridgehead atoms. The number of hydrogen-bond acceptors (Lipinski definition) is 5. The van der Waals surface area contributed by atoms with Crippen molar-refractivity contribution in [1.29, 1.82) is 0 Å². The third-order valence-corrected chi connectivity index (χ3v) is 1.95. The molecule has 17 heavy (non-hydrogen) atoms. The molecule has 0 atom stereocenters. The lowest BCUT2D eigenvalue weighted by Crippen LogP contribution is -2.30. The Bertz CT molecular complexity index is 441. The van der Waals surface area contributed by atoms with Crippen molar-refractivity contribution < 1.29 is 19.6 Å². The number of nitro benzene ring substituents is 1. The van der Waals surface area contributed by atoms with E-state index in [4.69, 9.17) is 0 Å². The minimum Gasteiger partial charge on any atom is -0.550 e. The third kappa shape index (κ3) is 3.90. The predicted molar refractivity (Wildman–Crippen MR) is 55.1 cm³/mol. The number of nitrogens with zero attached hydrogens (tertiary/aromatic N) is 1. The molecule has 0 spiro atoms. The maximum atomic E-state index is 11.4. The molecule has 1 N–H and O–H groups in total. The van der Waals surface area contributed by atoms with Crippen LogP contribution in [-0.2, 0) is 4.79 Å². The molecule has 0 aromatic heterocycles. The zero-order valence-corrected chi connectivity index (χ0v) is 8.71. The number of carbonyl (C=O) groups excluding carboxylic acids is 2. The first kappa shape index (κ1) is 12.6. The van der Waals surface area contributed by atoms with Gasteiger partial charge < -0.3 is 15.2 Å². The van der Waals surface area contributed by atoms with Gasteiger partial charge in [-0.25, -0.2) is 0 Å². The summed E-state index contributed by atoms with van der Waals surface area (Å²) in [6, 6.07) is 5.00. The molecule has 0 aliphatic rings.